The smallest absolute Gasteiger partial charge is 0.325 e. The molecular formula is C11H14N2O5. The zero-order chi connectivity index (χ0) is 13.5. The van der Waals surface area contributed by atoms with Gasteiger partial charge in [0.05, 0.1) is 17.1 Å². The molecule has 0 aliphatic carbocycles. The highest BCUT2D eigenvalue weighted by Crippen LogP contribution is 2.24. The van der Waals surface area contributed by atoms with Crippen molar-refractivity contribution in [2.24, 2.45) is 0 Å². The number of nitrogens with one attached hydrogen (secondary N) is 1. The monoisotopic (exact) mass is 254 g/mol. The number of rotatable bonds is 7. The molecule has 0 aromatic heterocycles. The van der Waals surface area contributed by atoms with E-state index in [0.29, 0.717) is 13.2 Å². The Morgan fingerprint density at radius 2 is 2.22 bits per heavy atom. The zero-order valence-electron chi connectivity index (χ0n) is 9.83. The van der Waals surface area contributed by atoms with Gasteiger partial charge in [0.15, 0.2) is 0 Å². The molecule has 0 aliphatic heterocycles. The van der Waals surface area contributed by atoms with E-state index in [4.69, 9.17) is 9.84 Å². The number of aliphatic carboxylic acids is 1. The molecule has 98 valence electrons. The van der Waals surface area contributed by atoms with Crippen molar-refractivity contribution >= 4 is 11.7 Å². The largest absolute Gasteiger partial charge is 0.480 e. The summed E-state index contributed by atoms with van der Waals surface area (Å²) < 4.78 is 4.80. The van der Waals surface area contributed by atoms with Gasteiger partial charge in [0, 0.05) is 19.7 Å². The van der Waals surface area contributed by atoms with Gasteiger partial charge >= 0.3 is 5.97 Å². The van der Waals surface area contributed by atoms with Crippen molar-refractivity contribution in [3.05, 3.63) is 39.9 Å². The molecule has 0 radical (unpaired) electrons. The van der Waals surface area contributed by atoms with E-state index in [-0.39, 0.29) is 11.3 Å². The fourth-order valence-electron chi connectivity index (χ4n) is 1.53. The second-order valence-electron chi connectivity index (χ2n) is 3.53. The molecule has 0 saturated heterocycles. The molecule has 18 heavy (non-hydrogen) atoms. The molecule has 7 nitrogen and oxygen atoms in total. The third-order valence-corrected chi connectivity index (χ3v) is 2.35. The standard InChI is InChI=1S/C11H14N2O5/c1-18-7-6-12-10(11(14)15)8-4-2-3-5-9(8)13(16)17/h2-5,10,12H,6-7H2,1H3,(H,14,15). The molecule has 0 amide bonds. The molecular weight excluding hydrogens is 240 g/mol. The molecule has 1 unspecified atom stereocenters. The maximum absolute atomic E-state index is 11.1. The van der Waals surface area contributed by atoms with Crippen molar-refractivity contribution < 1.29 is 19.6 Å². The Hall–Kier alpha value is -1.99. The first-order valence-electron chi connectivity index (χ1n) is 5.26. The highest BCUT2D eigenvalue weighted by Gasteiger charge is 2.26. The third kappa shape index (κ3) is 3.51. The lowest BCUT2D eigenvalue weighted by Crippen LogP contribution is -2.31. The molecule has 1 rings (SSSR count). The molecule has 0 spiro atoms. The Labute approximate surface area is 104 Å². The van der Waals surface area contributed by atoms with Crippen LogP contribution in [0.5, 0.6) is 0 Å². The summed E-state index contributed by atoms with van der Waals surface area (Å²) in [5, 5.41) is 22.6. The lowest BCUT2D eigenvalue weighted by molar-refractivity contribution is -0.385. The Morgan fingerprint density at radius 1 is 1.56 bits per heavy atom. The number of nitro groups is 1. The average molecular weight is 254 g/mol. The first kappa shape index (κ1) is 14.1. The molecule has 0 bridgehead atoms. The van der Waals surface area contributed by atoms with E-state index in [1.165, 1.54) is 25.3 Å². The highest BCUT2D eigenvalue weighted by molar-refractivity contribution is 5.77. The number of benzene rings is 1. The van der Waals surface area contributed by atoms with Gasteiger partial charge in [0.25, 0.3) is 5.69 Å². The molecule has 0 heterocycles. The summed E-state index contributed by atoms with van der Waals surface area (Å²) in [6.45, 7) is 0.615. The maximum Gasteiger partial charge on any atom is 0.325 e. The summed E-state index contributed by atoms with van der Waals surface area (Å²) in [7, 11) is 1.49. The summed E-state index contributed by atoms with van der Waals surface area (Å²) in [5.41, 5.74) is -0.0825. The molecule has 1 atom stereocenters. The van der Waals surface area contributed by atoms with Gasteiger partial charge in [0.1, 0.15) is 6.04 Å². The Balaban J connectivity index is 2.98. The number of hydrogen-bond acceptors (Lipinski definition) is 5. The van der Waals surface area contributed by atoms with E-state index in [0.717, 1.165) is 0 Å². The second kappa shape index (κ2) is 6.67. The summed E-state index contributed by atoms with van der Waals surface area (Å²) in [6, 6.07) is 4.65. The van der Waals surface area contributed by atoms with Crippen LogP contribution in [-0.4, -0.2) is 36.3 Å². The van der Waals surface area contributed by atoms with E-state index in [2.05, 4.69) is 5.32 Å². The number of carboxylic acid groups (broad SMARTS) is 1. The summed E-state index contributed by atoms with van der Waals surface area (Å²) in [6.07, 6.45) is 0. The zero-order valence-corrected chi connectivity index (χ0v) is 9.83. The van der Waals surface area contributed by atoms with Gasteiger partial charge in [-0.2, -0.15) is 0 Å². The van der Waals surface area contributed by atoms with Gasteiger partial charge in [-0.05, 0) is 6.07 Å². The number of carboxylic acids is 1. The van der Waals surface area contributed by atoms with Gasteiger partial charge in [-0.1, -0.05) is 12.1 Å². The van der Waals surface area contributed by atoms with E-state index >= 15 is 0 Å². The lowest BCUT2D eigenvalue weighted by atomic mass is 10.0. The number of carbonyl (C=O) groups is 1. The van der Waals surface area contributed by atoms with E-state index in [1.807, 2.05) is 0 Å². The molecule has 0 saturated carbocycles. The SMILES string of the molecule is COCCNC(C(=O)O)c1ccccc1[N+](=O)[O-]. The number of nitrogens with zero attached hydrogens (tertiary/aromatic N) is 1. The lowest BCUT2D eigenvalue weighted by Gasteiger charge is -2.14. The van der Waals surface area contributed by atoms with Gasteiger partial charge in [0.2, 0.25) is 0 Å². The highest BCUT2D eigenvalue weighted by atomic mass is 16.6. The molecule has 2 N–H and O–H groups in total. The van der Waals surface area contributed by atoms with Crippen molar-refractivity contribution in [2.45, 2.75) is 6.04 Å². The van der Waals surface area contributed by atoms with Crippen molar-refractivity contribution in [1.82, 2.24) is 5.32 Å². The van der Waals surface area contributed by atoms with Crippen molar-refractivity contribution in [1.29, 1.82) is 0 Å². The van der Waals surface area contributed by atoms with E-state index in [1.54, 1.807) is 6.07 Å². The van der Waals surface area contributed by atoms with Crippen LogP contribution in [0, 0.1) is 10.1 Å². The quantitative estimate of drug-likeness (QED) is 0.427. The normalized spacial score (nSPS) is 12.1. The minimum atomic E-state index is -1.17. The number of para-hydroxylation sites is 1. The average Bonchev–Trinajstić information content (AvgIpc) is 2.34. The molecule has 0 aliphatic rings. The predicted octanol–water partition coefficient (Wildman–Crippen LogP) is 0.956. The predicted molar refractivity (Wildman–Crippen MR) is 63.4 cm³/mol. The number of methoxy groups -OCH3 is 1. The third-order valence-electron chi connectivity index (χ3n) is 2.35. The van der Waals surface area contributed by atoms with Crippen molar-refractivity contribution in [3.63, 3.8) is 0 Å². The minimum absolute atomic E-state index is 0.131. The summed E-state index contributed by atoms with van der Waals surface area (Å²) in [4.78, 5) is 21.4. The first-order chi connectivity index (χ1) is 8.57. The summed E-state index contributed by atoms with van der Waals surface area (Å²) >= 11 is 0. The Morgan fingerprint density at radius 3 is 2.78 bits per heavy atom. The maximum atomic E-state index is 11.1. The van der Waals surface area contributed by atoms with Crippen molar-refractivity contribution in [3.8, 4) is 0 Å². The second-order valence-corrected chi connectivity index (χ2v) is 3.53. The first-order valence-corrected chi connectivity index (χ1v) is 5.26. The molecule has 1 aromatic rings. The van der Waals surface area contributed by atoms with Crippen LogP contribution in [0.2, 0.25) is 0 Å². The van der Waals surface area contributed by atoms with Gasteiger partial charge in [-0.15, -0.1) is 0 Å². The van der Waals surface area contributed by atoms with Crippen LogP contribution >= 0.6 is 0 Å². The Kier molecular flexibility index (Phi) is 5.22. The molecule has 7 heteroatoms. The van der Waals surface area contributed by atoms with Gasteiger partial charge in [-0.3, -0.25) is 20.2 Å². The van der Waals surface area contributed by atoms with Gasteiger partial charge in [-0.25, -0.2) is 0 Å². The molecule has 1 aromatic carbocycles. The fourth-order valence-corrected chi connectivity index (χ4v) is 1.53. The number of hydrogen-bond donors (Lipinski definition) is 2. The van der Waals surface area contributed by atoms with E-state index in [9.17, 15) is 14.9 Å². The van der Waals surface area contributed by atoms with E-state index < -0.39 is 16.9 Å². The van der Waals surface area contributed by atoms with Crippen LogP contribution < -0.4 is 5.32 Å². The summed E-state index contributed by atoms with van der Waals surface area (Å²) in [5.74, 6) is -1.17. The molecule has 0 fully saturated rings. The van der Waals surface area contributed by atoms with Crippen LogP contribution in [0.25, 0.3) is 0 Å². The van der Waals surface area contributed by atoms with Crippen molar-refractivity contribution in [2.75, 3.05) is 20.3 Å². The van der Waals surface area contributed by atoms with Crippen LogP contribution in [-0.2, 0) is 9.53 Å². The number of nitro benzene ring substituents is 1. The fraction of sp³-hybridized carbons (Fsp3) is 0.364. The topological polar surface area (TPSA) is 102 Å². The van der Waals surface area contributed by atoms with Crippen LogP contribution in [0.3, 0.4) is 0 Å². The van der Waals surface area contributed by atoms with Crippen LogP contribution in [0.15, 0.2) is 24.3 Å². The van der Waals surface area contributed by atoms with Crippen LogP contribution in [0.4, 0.5) is 5.69 Å². The minimum Gasteiger partial charge on any atom is -0.480 e. The van der Waals surface area contributed by atoms with Crippen LogP contribution in [0.1, 0.15) is 11.6 Å². The van der Waals surface area contributed by atoms with Gasteiger partial charge < -0.3 is 9.84 Å². The Bertz CT molecular complexity index is 435. The number of ether oxygens (including phenoxy) is 1.